The summed E-state index contributed by atoms with van der Waals surface area (Å²) in [6, 6.07) is 0. The Labute approximate surface area is 141 Å². The van der Waals surface area contributed by atoms with E-state index in [0.717, 1.165) is 4.90 Å². The average molecular weight is 385 g/mol. The van der Waals surface area contributed by atoms with Crippen LogP contribution in [0.1, 0.15) is 12.6 Å². The molecule has 0 spiro atoms. The zero-order valence-electron chi connectivity index (χ0n) is 12.8. The minimum atomic E-state index is -1.01. The standard InChI is InChI=1S/C14H17BrN4O4/c1-4-11(6-5-10(2)19(22)23)13-12(15)9-18(16-13)8-7-17(3)14(20)21/h4-6,9H,2,7-8H2,1,3H3,(H,20,21). The van der Waals surface area contributed by atoms with Crippen LogP contribution in [0.25, 0.3) is 5.57 Å². The molecule has 0 aromatic carbocycles. The van der Waals surface area contributed by atoms with Crippen molar-refractivity contribution in [2.45, 2.75) is 13.5 Å². The first kappa shape index (κ1) is 18.6. The second kappa shape index (κ2) is 8.28. The van der Waals surface area contributed by atoms with Crippen LogP contribution in [-0.4, -0.2) is 44.4 Å². The van der Waals surface area contributed by atoms with Gasteiger partial charge in [-0.15, -0.1) is 0 Å². The molecule has 0 bridgehead atoms. The number of aromatic nitrogens is 2. The van der Waals surface area contributed by atoms with Gasteiger partial charge in [-0.2, -0.15) is 5.10 Å². The third kappa shape index (κ3) is 5.37. The van der Waals surface area contributed by atoms with Crippen LogP contribution in [0.4, 0.5) is 4.79 Å². The quantitative estimate of drug-likeness (QED) is 0.442. The highest BCUT2D eigenvalue weighted by Gasteiger charge is 2.12. The first-order valence-electron chi connectivity index (χ1n) is 6.61. The van der Waals surface area contributed by atoms with Crippen LogP contribution in [0.15, 0.2) is 41.2 Å². The van der Waals surface area contributed by atoms with E-state index in [4.69, 9.17) is 5.11 Å². The smallest absolute Gasteiger partial charge is 0.407 e. The van der Waals surface area contributed by atoms with Gasteiger partial charge in [-0.1, -0.05) is 6.08 Å². The highest BCUT2D eigenvalue weighted by Crippen LogP contribution is 2.24. The summed E-state index contributed by atoms with van der Waals surface area (Å²) in [6.07, 6.45) is 5.35. The normalized spacial score (nSPS) is 11.7. The number of likely N-dealkylation sites (N-methyl/N-ethyl adjacent to an activating group) is 1. The van der Waals surface area contributed by atoms with Gasteiger partial charge in [0.05, 0.1) is 15.9 Å². The maximum absolute atomic E-state index is 10.8. The van der Waals surface area contributed by atoms with Gasteiger partial charge in [-0.25, -0.2) is 4.79 Å². The number of carbonyl (C=O) groups is 1. The molecule has 1 aromatic rings. The molecule has 0 atom stereocenters. The van der Waals surface area contributed by atoms with Gasteiger partial charge in [-0.3, -0.25) is 14.8 Å². The fourth-order valence-electron chi connectivity index (χ4n) is 1.61. The monoisotopic (exact) mass is 384 g/mol. The van der Waals surface area contributed by atoms with Crippen LogP contribution in [0.2, 0.25) is 0 Å². The molecule has 0 saturated carbocycles. The molecule has 8 nitrogen and oxygen atoms in total. The third-order valence-electron chi connectivity index (χ3n) is 2.98. The largest absolute Gasteiger partial charge is 0.465 e. The number of hydrogen-bond acceptors (Lipinski definition) is 4. The molecule has 0 aliphatic carbocycles. The Balaban J connectivity index is 2.89. The minimum Gasteiger partial charge on any atom is -0.465 e. The van der Waals surface area contributed by atoms with Crippen LogP contribution in [0, 0.1) is 10.1 Å². The average Bonchev–Trinajstić information content (AvgIpc) is 2.86. The lowest BCUT2D eigenvalue weighted by atomic mass is 10.1. The van der Waals surface area contributed by atoms with Crippen molar-refractivity contribution >= 4 is 27.6 Å². The van der Waals surface area contributed by atoms with Crippen LogP contribution >= 0.6 is 15.9 Å². The number of nitrogens with zero attached hydrogens (tertiary/aromatic N) is 4. The molecule has 1 amide bonds. The Hall–Kier alpha value is -2.42. The van der Waals surface area contributed by atoms with Crippen molar-refractivity contribution in [3.05, 3.63) is 57.0 Å². The van der Waals surface area contributed by atoms with Crippen molar-refractivity contribution in [2.24, 2.45) is 0 Å². The molecule has 0 saturated heterocycles. The number of halogens is 1. The van der Waals surface area contributed by atoms with Crippen LogP contribution in [0.5, 0.6) is 0 Å². The fraction of sp³-hybridized carbons (Fsp3) is 0.286. The van der Waals surface area contributed by atoms with Crippen molar-refractivity contribution in [3.63, 3.8) is 0 Å². The lowest BCUT2D eigenvalue weighted by Crippen LogP contribution is -2.28. The molecule has 0 aliphatic heterocycles. The zero-order valence-corrected chi connectivity index (χ0v) is 14.4. The summed E-state index contributed by atoms with van der Waals surface area (Å²) >= 11 is 3.39. The Morgan fingerprint density at radius 3 is 2.78 bits per heavy atom. The fourth-order valence-corrected chi connectivity index (χ4v) is 2.16. The molecule has 124 valence electrons. The van der Waals surface area contributed by atoms with E-state index in [9.17, 15) is 14.9 Å². The van der Waals surface area contributed by atoms with Crippen LogP contribution < -0.4 is 0 Å². The number of hydrogen-bond donors (Lipinski definition) is 1. The second-order valence-electron chi connectivity index (χ2n) is 4.62. The van der Waals surface area contributed by atoms with E-state index in [2.05, 4.69) is 27.6 Å². The van der Waals surface area contributed by atoms with Gasteiger partial charge in [0.15, 0.2) is 0 Å². The molecule has 1 rings (SSSR count). The molecule has 0 fully saturated rings. The number of allylic oxidation sites excluding steroid dienone is 4. The van der Waals surface area contributed by atoms with Crippen LogP contribution in [-0.2, 0) is 6.54 Å². The molecule has 1 heterocycles. The Morgan fingerprint density at radius 1 is 1.61 bits per heavy atom. The summed E-state index contributed by atoms with van der Waals surface area (Å²) in [5, 5.41) is 23.7. The number of amides is 1. The van der Waals surface area contributed by atoms with Crippen molar-refractivity contribution in [3.8, 4) is 0 Å². The van der Waals surface area contributed by atoms with Crippen molar-refractivity contribution in [1.82, 2.24) is 14.7 Å². The lowest BCUT2D eigenvalue weighted by Gasteiger charge is -2.12. The van der Waals surface area contributed by atoms with Gasteiger partial charge in [0.2, 0.25) is 0 Å². The molecular formula is C14H17BrN4O4. The molecular weight excluding hydrogens is 368 g/mol. The molecule has 0 unspecified atom stereocenters. The summed E-state index contributed by atoms with van der Waals surface area (Å²) < 4.78 is 2.32. The van der Waals surface area contributed by atoms with Gasteiger partial charge in [-0.05, 0) is 41.1 Å². The summed E-state index contributed by atoms with van der Waals surface area (Å²) in [4.78, 5) is 21.9. The van der Waals surface area contributed by atoms with Gasteiger partial charge in [0.1, 0.15) is 5.69 Å². The highest BCUT2D eigenvalue weighted by molar-refractivity contribution is 9.10. The maximum atomic E-state index is 10.8. The maximum Gasteiger partial charge on any atom is 0.407 e. The SMILES string of the molecule is C=C(C=CC(=CC)c1nn(CCN(C)C(=O)O)cc1Br)[N+](=O)[O-]. The van der Waals surface area contributed by atoms with Gasteiger partial charge < -0.3 is 10.0 Å². The van der Waals surface area contributed by atoms with Gasteiger partial charge in [0, 0.05) is 25.9 Å². The van der Waals surface area contributed by atoms with Crippen molar-refractivity contribution < 1.29 is 14.8 Å². The molecule has 0 aliphatic rings. The molecule has 1 aromatic heterocycles. The predicted molar refractivity (Wildman–Crippen MR) is 89.5 cm³/mol. The van der Waals surface area contributed by atoms with Crippen molar-refractivity contribution in [1.29, 1.82) is 0 Å². The molecule has 0 radical (unpaired) electrons. The first-order valence-corrected chi connectivity index (χ1v) is 7.40. The van der Waals surface area contributed by atoms with Gasteiger partial charge >= 0.3 is 6.09 Å². The third-order valence-corrected chi connectivity index (χ3v) is 3.56. The van der Waals surface area contributed by atoms with E-state index in [-0.39, 0.29) is 5.70 Å². The van der Waals surface area contributed by atoms with Crippen LogP contribution in [0.3, 0.4) is 0 Å². The first-order chi connectivity index (χ1) is 10.8. The van der Waals surface area contributed by atoms with E-state index < -0.39 is 11.0 Å². The topological polar surface area (TPSA) is 102 Å². The summed E-state index contributed by atoms with van der Waals surface area (Å²) in [5.41, 5.74) is 1.08. The Morgan fingerprint density at radius 2 is 2.26 bits per heavy atom. The summed E-state index contributed by atoms with van der Waals surface area (Å²) in [5.74, 6) is 0. The molecule has 9 heteroatoms. The van der Waals surface area contributed by atoms with E-state index in [1.165, 1.54) is 13.1 Å². The summed E-state index contributed by atoms with van der Waals surface area (Å²) in [7, 11) is 1.48. The molecule has 1 N–H and O–H groups in total. The van der Waals surface area contributed by atoms with Gasteiger partial charge in [0.25, 0.3) is 5.70 Å². The molecule has 23 heavy (non-hydrogen) atoms. The second-order valence-corrected chi connectivity index (χ2v) is 5.47. The van der Waals surface area contributed by atoms with Crippen molar-refractivity contribution in [2.75, 3.05) is 13.6 Å². The number of rotatable bonds is 7. The van der Waals surface area contributed by atoms with E-state index in [1.54, 1.807) is 30.0 Å². The number of nitro groups is 1. The number of carboxylic acid groups (broad SMARTS) is 1. The van der Waals surface area contributed by atoms with E-state index >= 15 is 0 Å². The lowest BCUT2D eigenvalue weighted by molar-refractivity contribution is -0.418. The Bertz CT molecular complexity index is 678. The predicted octanol–water partition coefficient (Wildman–Crippen LogP) is 3.01. The Kier molecular flexibility index (Phi) is 6.70. The zero-order chi connectivity index (χ0) is 17.6. The highest BCUT2D eigenvalue weighted by atomic mass is 79.9. The summed E-state index contributed by atoms with van der Waals surface area (Å²) in [6.45, 7) is 5.81. The van der Waals surface area contributed by atoms with E-state index in [1.807, 2.05) is 0 Å². The minimum absolute atomic E-state index is 0.219. The van der Waals surface area contributed by atoms with E-state index in [0.29, 0.717) is 28.8 Å².